The number of nitrogens with zero attached hydrogens (tertiary/aromatic N) is 2. The summed E-state index contributed by atoms with van der Waals surface area (Å²) in [6.07, 6.45) is 0.00595. The van der Waals surface area contributed by atoms with Gasteiger partial charge in [0.1, 0.15) is 34.0 Å². The van der Waals surface area contributed by atoms with Crippen molar-refractivity contribution < 1.29 is 24.1 Å². The minimum atomic E-state index is -0.744. The summed E-state index contributed by atoms with van der Waals surface area (Å²) in [5.41, 5.74) is 1.28. The van der Waals surface area contributed by atoms with Gasteiger partial charge < -0.3 is 24.3 Å². The fraction of sp³-hybridized carbons (Fsp3) is 0.480. The highest BCUT2D eigenvalue weighted by atomic mass is 32.1. The molecule has 1 atom stereocenters. The Morgan fingerprint density at radius 1 is 1.29 bits per heavy atom. The Labute approximate surface area is 208 Å². The van der Waals surface area contributed by atoms with Crippen LogP contribution < -0.4 is 10.3 Å². The van der Waals surface area contributed by atoms with Gasteiger partial charge in [-0.15, -0.1) is 11.3 Å². The number of aliphatic hydroxyl groups is 1. The van der Waals surface area contributed by atoms with Crippen LogP contribution in [0, 0.1) is 13.8 Å². The van der Waals surface area contributed by atoms with Gasteiger partial charge in [-0.1, -0.05) is 18.2 Å². The van der Waals surface area contributed by atoms with Crippen molar-refractivity contribution in [2.45, 2.75) is 39.8 Å². The van der Waals surface area contributed by atoms with Gasteiger partial charge in [0.2, 0.25) is 0 Å². The average Bonchev–Trinajstić information content (AvgIpc) is 3.15. The Balaban J connectivity index is 1.75. The first-order chi connectivity index (χ1) is 16.8. The monoisotopic (exact) mass is 503 g/mol. The predicted molar refractivity (Wildman–Crippen MR) is 135 cm³/mol. The molecule has 2 aromatic heterocycles. The lowest BCUT2D eigenvalue weighted by atomic mass is 10.2. The highest BCUT2D eigenvalue weighted by Crippen LogP contribution is 2.27. The highest BCUT2D eigenvalue weighted by Gasteiger charge is 2.21. The summed E-state index contributed by atoms with van der Waals surface area (Å²) < 4.78 is 16.1. The van der Waals surface area contributed by atoms with Gasteiger partial charge in [0.15, 0.2) is 0 Å². The van der Waals surface area contributed by atoms with Crippen molar-refractivity contribution in [3.63, 3.8) is 0 Å². The molecule has 10 heteroatoms. The van der Waals surface area contributed by atoms with E-state index in [1.165, 1.54) is 0 Å². The molecule has 9 nitrogen and oxygen atoms in total. The van der Waals surface area contributed by atoms with Crippen LogP contribution >= 0.6 is 11.3 Å². The van der Waals surface area contributed by atoms with E-state index in [9.17, 15) is 14.7 Å². The lowest BCUT2D eigenvalue weighted by Gasteiger charge is -2.24. The Morgan fingerprint density at radius 2 is 2.06 bits per heavy atom. The number of ether oxygens (including phenoxy) is 3. The Bertz CT molecular complexity index is 1190. The van der Waals surface area contributed by atoms with Crippen molar-refractivity contribution in [3.8, 4) is 5.75 Å². The molecule has 0 saturated heterocycles. The summed E-state index contributed by atoms with van der Waals surface area (Å²) in [7, 11) is 1.64. The number of benzene rings is 1. The predicted octanol–water partition coefficient (Wildman–Crippen LogP) is 3.06. The van der Waals surface area contributed by atoms with Crippen LogP contribution in [-0.2, 0) is 16.0 Å². The number of rotatable bonds is 13. The topological polar surface area (TPSA) is 114 Å². The standard InChI is InChI=1S/C25H33N3O6S/c1-5-33-25(31)22-17(3)21-23(30)26-20(27-24(21)35-22)14-28(11-8-12-32-4)13-18(29)15-34-19-10-7-6-9-16(19)2/h6-7,9-10,18,29H,5,8,11-15H2,1-4H3,(H,26,27,30). The summed E-state index contributed by atoms with van der Waals surface area (Å²) in [5.74, 6) is 0.745. The first kappa shape index (κ1) is 26.8. The maximum Gasteiger partial charge on any atom is 0.348 e. The minimum absolute atomic E-state index is 0.141. The van der Waals surface area contributed by atoms with E-state index >= 15 is 0 Å². The summed E-state index contributed by atoms with van der Waals surface area (Å²) in [6, 6.07) is 7.65. The molecule has 3 aromatic rings. The van der Waals surface area contributed by atoms with E-state index in [0.717, 1.165) is 29.1 Å². The van der Waals surface area contributed by atoms with Crippen LogP contribution in [0.4, 0.5) is 0 Å². The molecule has 1 unspecified atom stereocenters. The number of nitrogens with one attached hydrogen (secondary N) is 1. The quantitative estimate of drug-likeness (QED) is 0.270. The lowest BCUT2D eigenvalue weighted by molar-refractivity contribution is 0.0531. The highest BCUT2D eigenvalue weighted by molar-refractivity contribution is 7.20. The first-order valence-corrected chi connectivity index (χ1v) is 12.4. The zero-order valence-electron chi connectivity index (χ0n) is 20.6. The third-order valence-electron chi connectivity index (χ3n) is 5.50. The molecule has 0 aliphatic carbocycles. The van der Waals surface area contributed by atoms with Crippen molar-refractivity contribution in [2.24, 2.45) is 0 Å². The molecule has 3 rings (SSSR count). The maximum absolute atomic E-state index is 12.8. The second-order valence-electron chi connectivity index (χ2n) is 8.28. The molecule has 0 aliphatic heterocycles. The fourth-order valence-corrected chi connectivity index (χ4v) is 4.88. The molecule has 0 amide bonds. The third-order valence-corrected chi connectivity index (χ3v) is 6.67. The van der Waals surface area contributed by atoms with E-state index in [1.807, 2.05) is 36.1 Å². The van der Waals surface area contributed by atoms with Gasteiger partial charge in [-0.2, -0.15) is 0 Å². The smallest absolute Gasteiger partial charge is 0.348 e. The molecular formula is C25H33N3O6S. The fourth-order valence-electron chi connectivity index (χ4n) is 3.79. The molecular weight excluding hydrogens is 470 g/mol. The SMILES string of the molecule is CCOC(=O)c1sc2nc(CN(CCCOC)CC(O)COc3ccccc3C)[nH]c(=O)c2c1C. The zero-order chi connectivity index (χ0) is 25.4. The van der Waals surface area contributed by atoms with Crippen LogP contribution in [0.15, 0.2) is 29.1 Å². The Hall–Kier alpha value is -2.79. The molecule has 0 radical (unpaired) electrons. The van der Waals surface area contributed by atoms with Gasteiger partial charge in [-0.05, 0) is 44.4 Å². The number of aryl methyl sites for hydroxylation is 2. The van der Waals surface area contributed by atoms with E-state index in [2.05, 4.69) is 9.97 Å². The maximum atomic E-state index is 12.8. The molecule has 35 heavy (non-hydrogen) atoms. The van der Waals surface area contributed by atoms with Gasteiger partial charge in [-0.3, -0.25) is 9.69 Å². The van der Waals surface area contributed by atoms with E-state index < -0.39 is 12.1 Å². The number of aromatic nitrogens is 2. The summed E-state index contributed by atoms with van der Waals surface area (Å²) in [5, 5.41) is 11.0. The zero-order valence-corrected chi connectivity index (χ0v) is 21.4. The number of aromatic amines is 1. The first-order valence-electron chi connectivity index (χ1n) is 11.6. The van der Waals surface area contributed by atoms with Crippen molar-refractivity contribution in [3.05, 3.63) is 56.4 Å². The number of carbonyl (C=O) groups excluding carboxylic acids is 1. The molecule has 2 N–H and O–H groups in total. The van der Waals surface area contributed by atoms with Gasteiger partial charge in [0, 0.05) is 26.8 Å². The van der Waals surface area contributed by atoms with Crippen LogP contribution in [0.25, 0.3) is 10.2 Å². The molecule has 2 heterocycles. The number of hydrogen-bond acceptors (Lipinski definition) is 9. The van der Waals surface area contributed by atoms with Gasteiger partial charge in [0.05, 0.1) is 18.5 Å². The van der Waals surface area contributed by atoms with Crippen molar-refractivity contribution >= 4 is 27.5 Å². The number of aliphatic hydroxyl groups excluding tert-OH is 1. The molecule has 1 aromatic carbocycles. The van der Waals surface area contributed by atoms with Gasteiger partial charge >= 0.3 is 5.97 Å². The Morgan fingerprint density at radius 3 is 2.77 bits per heavy atom. The second-order valence-corrected chi connectivity index (χ2v) is 9.28. The number of fused-ring (bicyclic) bond motifs is 1. The number of thiophene rings is 1. The van der Waals surface area contributed by atoms with Gasteiger partial charge in [0.25, 0.3) is 5.56 Å². The van der Waals surface area contributed by atoms with Crippen molar-refractivity contribution in [1.82, 2.24) is 14.9 Å². The number of carbonyl (C=O) groups is 1. The Kier molecular flexibility index (Phi) is 9.79. The molecule has 0 spiro atoms. The summed E-state index contributed by atoms with van der Waals surface area (Å²) in [6.45, 7) is 7.67. The van der Waals surface area contributed by atoms with Crippen molar-refractivity contribution in [2.75, 3.05) is 40.0 Å². The number of H-pyrrole nitrogens is 1. The van der Waals surface area contributed by atoms with E-state index in [1.54, 1.807) is 21.0 Å². The van der Waals surface area contributed by atoms with Crippen molar-refractivity contribution in [1.29, 1.82) is 0 Å². The summed E-state index contributed by atoms with van der Waals surface area (Å²) >= 11 is 1.16. The number of esters is 1. The molecule has 0 bridgehead atoms. The molecule has 190 valence electrons. The third kappa shape index (κ3) is 7.11. The van der Waals surface area contributed by atoms with Crippen LogP contribution in [0.3, 0.4) is 0 Å². The van der Waals surface area contributed by atoms with Crippen LogP contribution in [-0.4, -0.2) is 72.1 Å². The molecule has 0 aliphatic rings. The van der Waals surface area contributed by atoms with Crippen LogP contribution in [0.1, 0.15) is 40.0 Å². The van der Waals surface area contributed by atoms with Crippen LogP contribution in [0.5, 0.6) is 5.75 Å². The summed E-state index contributed by atoms with van der Waals surface area (Å²) in [4.78, 5) is 35.4. The molecule has 0 fully saturated rings. The number of methoxy groups -OCH3 is 1. The normalized spacial score (nSPS) is 12.3. The van der Waals surface area contributed by atoms with Crippen LogP contribution in [0.2, 0.25) is 0 Å². The number of hydrogen-bond donors (Lipinski definition) is 2. The average molecular weight is 504 g/mol. The lowest BCUT2D eigenvalue weighted by Crippen LogP contribution is -2.37. The van der Waals surface area contributed by atoms with E-state index in [-0.39, 0.29) is 18.8 Å². The largest absolute Gasteiger partial charge is 0.491 e. The van der Waals surface area contributed by atoms with E-state index in [0.29, 0.717) is 52.7 Å². The number of para-hydroxylation sites is 1. The minimum Gasteiger partial charge on any atom is -0.491 e. The second kappa shape index (κ2) is 12.8. The van der Waals surface area contributed by atoms with Gasteiger partial charge in [-0.25, -0.2) is 9.78 Å². The van der Waals surface area contributed by atoms with E-state index in [4.69, 9.17) is 14.2 Å². The molecule has 0 saturated carbocycles.